The lowest BCUT2D eigenvalue weighted by atomic mass is 9.92. The summed E-state index contributed by atoms with van der Waals surface area (Å²) < 4.78 is 0. The van der Waals surface area contributed by atoms with Gasteiger partial charge in [0, 0.05) is 18.5 Å². The molecule has 0 aliphatic rings. The van der Waals surface area contributed by atoms with E-state index in [0.29, 0.717) is 6.54 Å². The summed E-state index contributed by atoms with van der Waals surface area (Å²) in [5.74, 6) is 0. The normalized spacial score (nSPS) is 12.3. The van der Waals surface area contributed by atoms with E-state index in [1.165, 1.54) is 5.56 Å². The van der Waals surface area contributed by atoms with E-state index in [9.17, 15) is 10.2 Å². The Balaban J connectivity index is 2.44. The lowest BCUT2D eigenvalue weighted by Gasteiger charge is -2.30. The minimum Gasteiger partial charge on any atom is -0.396 e. The minimum absolute atomic E-state index is 0.0114. The number of nitrogens with zero attached hydrogens (tertiary/aromatic N) is 1. The van der Waals surface area contributed by atoms with Crippen LogP contribution >= 0.6 is 11.3 Å². The van der Waals surface area contributed by atoms with E-state index in [2.05, 4.69) is 21.7 Å². The van der Waals surface area contributed by atoms with Crippen molar-refractivity contribution in [3.8, 4) is 0 Å². The van der Waals surface area contributed by atoms with Crippen LogP contribution in [0.3, 0.4) is 0 Å². The fourth-order valence-corrected chi connectivity index (χ4v) is 2.21. The van der Waals surface area contributed by atoms with Crippen LogP contribution in [0.1, 0.15) is 12.5 Å². The van der Waals surface area contributed by atoms with Gasteiger partial charge in [-0.1, -0.05) is 6.92 Å². The molecule has 4 heteroatoms. The summed E-state index contributed by atoms with van der Waals surface area (Å²) >= 11 is 1.69. The third-order valence-corrected chi connectivity index (χ3v) is 3.18. The van der Waals surface area contributed by atoms with Gasteiger partial charge in [-0.3, -0.25) is 0 Å². The van der Waals surface area contributed by atoms with Crippen LogP contribution in [0, 0.1) is 5.41 Å². The summed E-state index contributed by atoms with van der Waals surface area (Å²) in [5.41, 5.74) is 0.867. The lowest BCUT2D eigenvalue weighted by molar-refractivity contribution is 0.0402. The Morgan fingerprint density at radius 3 is 2.53 bits per heavy atom. The molecule has 2 N–H and O–H groups in total. The average molecular weight is 229 g/mol. The van der Waals surface area contributed by atoms with Crippen LogP contribution in [0.15, 0.2) is 16.8 Å². The molecule has 0 saturated carbocycles. The first-order valence-corrected chi connectivity index (χ1v) is 5.95. The highest BCUT2D eigenvalue weighted by atomic mass is 32.1. The third kappa shape index (κ3) is 3.91. The van der Waals surface area contributed by atoms with E-state index in [1.807, 2.05) is 14.0 Å². The van der Waals surface area contributed by atoms with Crippen LogP contribution in [-0.2, 0) is 6.54 Å². The second-order valence-electron chi connectivity index (χ2n) is 4.43. The number of aliphatic hydroxyl groups is 2. The van der Waals surface area contributed by atoms with Crippen LogP contribution in [-0.4, -0.2) is 41.9 Å². The summed E-state index contributed by atoms with van der Waals surface area (Å²) in [6.45, 7) is 3.46. The van der Waals surface area contributed by atoms with Gasteiger partial charge in [-0.15, -0.1) is 0 Å². The fraction of sp³-hybridized carbons (Fsp3) is 0.636. The zero-order chi connectivity index (χ0) is 11.3. The molecule has 0 bridgehead atoms. The number of rotatable bonds is 6. The fourth-order valence-electron chi connectivity index (χ4n) is 1.55. The van der Waals surface area contributed by atoms with Crippen LogP contribution in [0.4, 0.5) is 0 Å². The van der Waals surface area contributed by atoms with E-state index in [0.717, 1.165) is 6.54 Å². The van der Waals surface area contributed by atoms with Crippen molar-refractivity contribution in [1.29, 1.82) is 0 Å². The largest absolute Gasteiger partial charge is 0.396 e. The van der Waals surface area contributed by atoms with E-state index >= 15 is 0 Å². The highest BCUT2D eigenvalue weighted by molar-refractivity contribution is 7.07. The van der Waals surface area contributed by atoms with Gasteiger partial charge in [0.15, 0.2) is 0 Å². The second-order valence-corrected chi connectivity index (χ2v) is 5.21. The van der Waals surface area contributed by atoms with Crippen molar-refractivity contribution < 1.29 is 10.2 Å². The minimum atomic E-state index is -0.412. The molecule has 15 heavy (non-hydrogen) atoms. The van der Waals surface area contributed by atoms with Crippen molar-refractivity contribution in [2.24, 2.45) is 5.41 Å². The summed E-state index contributed by atoms with van der Waals surface area (Å²) in [6.07, 6.45) is 0. The van der Waals surface area contributed by atoms with E-state index in [-0.39, 0.29) is 13.2 Å². The molecular weight excluding hydrogens is 210 g/mol. The van der Waals surface area contributed by atoms with Crippen molar-refractivity contribution in [3.63, 3.8) is 0 Å². The monoisotopic (exact) mass is 229 g/mol. The topological polar surface area (TPSA) is 43.7 Å². The molecular formula is C11H19NO2S. The van der Waals surface area contributed by atoms with Gasteiger partial charge in [0.25, 0.3) is 0 Å². The maximum absolute atomic E-state index is 9.18. The summed E-state index contributed by atoms with van der Waals surface area (Å²) in [4.78, 5) is 2.12. The van der Waals surface area contributed by atoms with Gasteiger partial charge in [-0.2, -0.15) is 11.3 Å². The zero-order valence-corrected chi connectivity index (χ0v) is 10.1. The molecule has 0 aliphatic carbocycles. The first kappa shape index (κ1) is 12.6. The molecule has 1 rings (SSSR count). The first-order chi connectivity index (χ1) is 7.09. The van der Waals surface area contributed by atoms with Crippen molar-refractivity contribution in [2.75, 3.05) is 26.8 Å². The van der Waals surface area contributed by atoms with E-state index in [1.54, 1.807) is 11.3 Å². The Morgan fingerprint density at radius 2 is 2.07 bits per heavy atom. The Labute approximate surface area is 95.0 Å². The van der Waals surface area contributed by atoms with Crippen LogP contribution < -0.4 is 0 Å². The zero-order valence-electron chi connectivity index (χ0n) is 9.31. The van der Waals surface area contributed by atoms with Gasteiger partial charge in [-0.05, 0) is 29.4 Å². The number of thiophene rings is 1. The van der Waals surface area contributed by atoms with Gasteiger partial charge < -0.3 is 15.1 Å². The molecule has 3 nitrogen and oxygen atoms in total. The molecule has 1 heterocycles. The lowest BCUT2D eigenvalue weighted by Crippen LogP contribution is -2.38. The summed E-state index contributed by atoms with van der Waals surface area (Å²) in [6, 6.07) is 2.09. The second kappa shape index (κ2) is 5.61. The molecule has 1 aromatic rings. The van der Waals surface area contributed by atoms with Gasteiger partial charge >= 0.3 is 0 Å². The molecule has 0 aliphatic heterocycles. The Hall–Kier alpha value is -0.420. The molecule has 86 valence electrons. The molecule has 1 aromatic heterocycles. The molecule has 0 saturated heterocycles. The van der Waals surface area contributed by atoms with Gasteiger partial charge in [0.1, 0.15) is 0 Å². The maximum atomic E-state index is 9.18. The maximum Gasteiger partial charge on any atom is 0.0519 e. The Bertz CT molecular complexity index is 270. The number of aliphatic hydroxyl groups excluding tert-OH is 2. The van der Waals surface area contributed by atoms with Crippen molar-refractivity contribution in [1.82, 2.24) is 4.90 Å². The molecule has 0 unspecified atom stereocenters. The molecule has 0 spiro atoms. The predicted octanol–water partition coefficient (Wildman–Crippen LogP) is 1.17. The van der Waals surface area contributed by atoms with E-state index in [4.69, 9.17) is 0 Å². The van der Waals surface area contributed by atoms with E-state index < -0.39 is 5.41 Å². The third-order valence-electron chi connectivity index (χ3n) is 2.45. The summed E-state index contributed by atoms with van der Waals surface area (Å²) in [5, 5.41) is 22.5. The average Bonchev–Trinajstić information content (AvgIpc) is 2.70. The van der Waals surface area contributed by atoms with Crippen molar-refractivity contribution in [2.45, 2.75) is 13.5 Å². The Morgan fingerprint density at radius 1 is 1.40 bits per heavy atom. The predicted molar refractivity (Wildman–Crippen MR) is 62.9 cm³/mol. The van der Waals surface area contributed by atoms with Crippen molar-refractivity contribution in [3.05, 3.63) is 22.4 Å². The van der Waals surface area contributed by atoms with Gasteiger partial charge in [0.05, 0.1) is 13.2 Å². The van der Waals surface area contributed by atoms with Crippen LogP contribution in [0.5, 0.6) is 0 Å². The van der Waals surface area contributed by atoms with Gasteiger partial charge in [-0.25, -0.2) is 0 Å². The SMILES string of the molecule is CN(Cc1ccsc1)CC(C)(CO)CO. The Kier molecular flexibility index (Phi) is 4.73. The number of hydrogen-bond donors (Lipinski definition) is 2. The first-order valence-electron chi connectivity index (χ1n) is 5.01. The number of hydrogen-bond acceptors (Lipinski definition) is 4. The van der Waals surface area contributed by atoms with Gasteiger partial charge in [0.2, 0.25) is 0 Å². The molecule has 0 atom stereocenters. The molecule has 0 aromatic carbocycles. The highest BCUT2D eigenvalue weighted by Gasteiger charge is 2.24. The summed E-state index contributed by atoms with van der Waals surface area (Å²) in [7, 11) is 2.00. The van der Waals surface area contributed by atoms with Crippen molar-refractivity contribution >= 4 is 11.3 Å². The molecule has 0 fully saturated rings. The molecule has 0 radical (unpaired) electrons. The highest BCUT2D eigenvalue weighted by Crippen LogP contribution is 2.17. The standard InChI is InChI=1S/C11H19NO2S/c1-11(8-13,9-14)7-12(2)5-10-3-4-15-6-10/h3-4,6,13-14H,5,7-9H2,1-2H3. The molecule has 0 amide bonds. The van der Waals surface area contributed by atoms with Crippen LogP contribution in [0.2, 0.25) is 0 Å². The van der Waals surface area contributed by atoms with Crippen LogP contribution in [0.25, 0.3) is 0 Å². The smallest absolute Gasteiger partial charge is 0.0519 e. The quantitative estimate of drug-likeness (QED) is 0.769.